The van der Waals surface area contributed by atoms with Gasteiger partial charge in [0.25, 0.3) is 0 Å². The predicted molar refractivity (Wildman–Crippen MR) is 85.3 cm³/mol. The summed E-state index contributed by atoms with van der Waals surface area (Å²) in [6.45, 7) is 4.95. The van der Waals surface area contributed by atoms with Crippen molar-refractivity contribution in [2.75, 3.05) is 19.7 Å². The molecule has 1 aliphatic carbocycles. The van der Waals surface area contributed by atoms with E-state index in [1.165, 1.54) is 31.2 Å². The molecule has 0 aliphatic heterocycles. The zero-order valence-electron chi connectivity index (χ0n) is 12.4. The van der Waals surface area contributed by atoms with E-state index in [1.54, 1.807) is 0 Å². The lowest BCUT2D eigenvalue weighted by Gasteiger charge is -2.21. The molecule has 1 N–H and O–H groups in total. The van der Waals surface area contributed by atoms with Crippen LogP contribution in [0, 0.1) is 5.92 Å². The average Bonchev–Trinajstić information content (AvgIpc) is 2.96. The Morgan fingerprint density at radius 2 is 2.15 bits per heavy atom. The quantitative estimate of drug-likeness (QED) is 0.708. The molecule has 112 valence electrons. The normalized spacial score (nSPS) is 17.5. The average molecular weight is 296 g/mol. The van der Waals surface area contributed by atoms with Gasteiger partial charge >= 0.3 is 0 Å². The summed E-state index contributed by atoms with van der Waals surface area (Å²) in [5, 5.41) is 4.25. The van der Waals surface area contributed by atoms with Gasteiger partial charge in [0, 0.05) is 11.6 Å². The fourth-order valence-corrected chi connectivity index (χ4v) is 3.02. The first kappa shape index (κ1) is 15.8. The Balaban J connectivity index is 1.92. The van der Waals surface area contributed by atoms with E-state index in [0.29, 0.717) is 0 Å². The molecule has 1 atom stereocenters. The van der Waals surface area contributed by atoms with E-state index in [4.69, 9.17) is 16.3 Å². The first-order valence-corrected chi connectivity index (χ1v) is 8.25. The van der Waals surface area contributed by atoms with Crippen LogP contribution in [0.1, 0.15) is 50.7 Å². The molecule has 1 aromatic rings. The zero-order chi connectivity index (χ0) is 14.2. The minimum absolute atomic E-state index is 0.112. The topological polar surface area (TPSA) is 21.3 Å². The van der Waals surface area contributed by atoms with Gasteiger partial charge in [-0.2, -0.15) is 0 Å². The SMILES string of the molecule is CCCNCC(OCC1CCCC1)c1cccc(Cl)c1. The molecule has 0 heterocycles. The summed E-state index contributed by atoms with van der Waals surface area (Å²) in [7, 11) is 0. The summed E-state index contributed by atoms with van der Waals surface area (Å²) >= 11 is 6.10. The highest BCUT2D eigenvalue weighted by atomic mass is 35.5. The van der Waals surface area contributed by atoms with Gasteiger partial charge in [-0.05, 0) is 49.4 Å². The van der Waals surface area contributed by atoms with Gasteiger partial charge in [0.15, 0.2) is 0 Å². The smallest absolute Gasteiger partial charge is 0.0949 e. The van der Waals surface area contributed by atoms with Crippen molar-refractivity contribution in [1.29, 1.82) is 0 Å². The number of rotatable bonds is 8. The Labute approximate surface area is 127 Å². The molecule has 1 aliphatic rings. The van der Waals surface area contributed by atoms with E-state index < -0.39 is 0 Å². The van der Waals surface area contributed by atoms with Crippen molar-refractivity contribution in [3.63, 3.8) is 0 Å². The highest BCUT2D eigenvalue weighted by Crippen LogP contribution is 2.27. The van der Waals surface area contributed by atoms with Crippen LogP contribution in [0.2, 0.25) is 5.02 Å². The van der Waals surface area contributed by atoms with Crippen molar-refractivity contribution in [1.82, 2.24) is 5.32 Å². The van der Waals surface area contributed by atoms with Gasteiger partial charge in [-0.1, -0.05) is 43.5 Å². The van der Waals surface area contributed by atoms with E-state index in [1.807, 2.05) is 18.2 Å². The first-order chi connectivity index (χ1) is 9.79. The molecule has 2 nitrogen and oxygen atoms in total. The maximum atomic E-state index is 6.19. The van der Waals surface area contributed by atoms with Gasteiger partial charge in [-0.25, -0.2) is 0 Å². The largest absolute Gasteiger partial charge is 0.372 e. The molecule has 1 aromatic carbocycles. The van der Waals surface area contributed by atoms with Crippen molar-refractivity contribution in [2.45, 2.75) is 45.1 Å². The molecule has 1 saturated carbocycles. The van der Waals surface area contributed by atoms with Crippen LogP contribution in [0.3, 0.4) is 0 Å². The summed E-state index contributed by atoms with van der Waals surface area (Å²) in [6.07, 6.45) is 6.63. The van der Waals surface area contributed by atoms with Gasteiger partial charge < -0.3 is 10.1 Å². The number of hydrogen-bond acceptors (Lipinski definition) is 2. The van der Waals surface area contributed by atoms with Crippen molar-refractivity contribution < 1.29 is 4.74 Å². The minimum Gasteiger partial charge on any atom is -0.372 e. The summed E-state index contributed by atoms with van der Waals surface area (Å²) in [6, 6.07) is 8.05. The van der Waals surface area contributed by atoms with Gasteiger partial charge in [0.2, 0.25) is 0 Å². The fourth-order valence-electron chi connectivity index (χ4n) is 2.82. The highest BCUT2D eigenvalue weighted by Gasteiger charge is 2.18. The van der Waals surface area contributed by atoms with Crippen LogP contribution in [0.4, 0.5) is 0 Å². The molecule has 0 spiro atoms. The Morgan fingerprint density at radius 1 is 1.35 bits per heavy atom. The van der Waals surface area contributed by atoms with Crippen LogP contribution in [0.5, 0.6) is 0 Å². The number of halogens is 1. The standard InChI is InChI=1S/C17H26ClNO/c1-2-10-19-12-17(15-8-5-9-16(18)11-15)20-13-14-6-3-4-7-14/h5,8-9,11,14,17,19H,2-4,6-7,10,12-13H2,1H3. The van der Waals surface area contributed by atoms with Gasteiger partial charge in [0.05, 0.1) is 12.7 Å². The van der Waals surface area contributed by atoms with Crippen molar-refractivity contribution in [3.8, 4) is 0 Å². The summed E-state index contributed by atoms with van der Waals surface area (Å²) in [5.41, 5.74) is 1.18. The lowest BCUT2D eigenvalue weighted by molar-refractivity contribution is 0.0296. The second-order valence-corrected chi connectivity index (χ2v) is 6.17. The monoisotopic (exact) mass is 295 g/mol. The third-order valence-electron chi connectivity index (χ3n) is 3.98. The molecule has 1 unspecified atom stereocenters. The fraction of sp³-hybridized carbons (Fsp3) is 0.647. The van der Waals surface area contributed by atoms with Crippen LogP contribution in [0.15, 0.2) is 24.3 Å². The summed E-state index contributed by atoms with van der Waals surface area (Å²) in [5.74, 6) is 0.753. The third kappa shape index (κ3) is 5.08. The summed E-state index contributed by atoms with van der Waals surface area (Å²) in [4.78, 5) is 0. The van der Waals surface area contributed by atoms with Gasteiger partial charge in [0.1, 0.15) is 0 Å². The number of benzene rings is 1. The van der Waals surface area contributed by atoms with Crippen molar-refractivity contribution in [3.05, 3.63) is 34.9 Å². The van der Waals surface area contributed by atoms with Crippen molar-refractivity contribution in [2.24, 2.45) is 5.92 Å². The van der Waals surface area contributed by atoms with E-state index in [9.17, 15) is 0 Å². The predicted octanol–water partition coefficient (Wildman–Crippen LogP) is 4.59. The number of ether oxygens (including phenoxy) is 1. The molecule has 0 bridgehead atoms. The number of nitrogens with one attached hydrogen (secondary N) is 1. The second kappa shape index (κ2) is 8.66. The molecule has 0 aromatic heterocycles. The van der Waals surface area contributed by atoms with Crippen molar-refractivity contribution >= 4 is 11.6 Å². The van der Waals surface area contributed by atoms with Crippen LogP contribution in [0.25, 0.3) is 0 Å². The minimum atomic E-state index is 0.112. The summed E-state index contributed by atoms with van der Waals surface area (Å²) < 4.78 is 6.19. The lowest BCUT2D eigenvalue weighted by Crippen LogP contribution is -2.25. The highest BCUT2D eigenvalue weighted by molar-refractivity contribution is 6.30. The van der Waals surface area contributed by atoms with Crippen LogP contribution >= 0.6 is 11.6 Å². The Hall–Kier alpha value is -0.570. The molecule has 0 amide bonds. The molecular weight excluding hydrogens is 270 g/mol. The zero-order valence-corrected chi connectivity index (χ0v) is 13.2. The van der Waals surface area contributed by atoms with E-state index >= 15 is 0 Å². The second-order valence-electron chi connectivity index (χ2n) is 5.73. The third-order valence-corrected chi connectivity index (χ3v) is 4.22. The molecule has 3 heteroatoms. The molecule has 2 rings (SSSR count). The Bertz CT molecular complexity index is 390. The van der Waals surface area contributed by atoms with E-state index in [2.05, 4.69) is 18.3 Å². The number of hydrogen-bond donors (Lipinski definition) is 1. The van der Waals surface area contributed by atoms with Crippen LogP contribution in [-0.2, 0) is 4.74 Å². The van der Waals surface area contributed by atoms with Crippen LogP contribution in [-0.4, -0.2) is 19.7 Å². The molecule has 1 fully saturated rings. The van der Waals surface area contributed by atoms with Gasteiger partial charge in [-0.3, -0.25) is 0 Å². The van der Waals surface area contributed by atoms with E-state index in [-0.39, 0.29) is 6.10 Å². The molecule has 0 saturated heterocycles. The Morgan fingerprint density at radius 3 is 2.85 bits per heavy atom. The first-order valence-electron chi connectivity index (χ1n) is 7.87. The van der Waals surface area contributed by atoms with E-state index in [0.717, 1.165) is 37.1 Å². The Kier molecular flexibility index (Phi) is 6.85. The maximum absolute atomic E-state index is 6.19. The molecule has 20 heavy (non-hydrogen) atoms. The molecular formula is C17H26ClNO. The lowest BCUT2D eigenvalue weighted by atomic mass is 10.1. The maximum Gasteiger partial charge on any atom is 0.0949 e. The molecule has 0 radical (unpaired) electrons. The van der Waals surface area contributed by atoms with Crippen LogP contribution < -0.4 is 5.32 Å². The van der Waals surface area contributed by atoms with Gasteiger partial charge in [-0.15, -0.1) is 0 Å².